The van der Waals surface area contributed by atoms with Crippen LogP contribution >= 0.6 is 0 Å². The number of aromatic nitrogens is 2. The van der Waals surface area contributed by atoms with Crippen LogP contribution in [0.5, 0.6) is 0 Å². The molecule has 0 amide bonds. The summed E-state index contributed by atoms with van der Waals surface area (Å²) in [6.45, 7) is 0. The third-order valence-electron chi connectivity index (χ3n) is 5.58. The molecule has 6 rings (SSSR count). The quantitative estimate of drug-likeness (QED) is 0.154. The van der Waals surface area contributed by atoms with Gasteiger partial charge in [0.05, 0.1) is 39.1 Å². The Morgan fingerprint density at radius 2 is 0.718 bits per heavy atom. The minimum Gasteiger partial charge on any atom is -0.545 e. The van der Waals surface area contributed by atoms with E-state index in [0.717, 1.165) is 0 Å². The Morgan fingerprint density at radius 3 is 0.923 bits per heavy atom. The van der Waals surface area contributed by atoms with Gasteiger partial charge in [-0.2, -0.15) is 0 Å². The van der Waals surface area contributed by atoms with Crippen molar-refractivity contribution in [3.8, 4) is 0 Å². The van der Waals surface area contributed by atoms with Crippen molar-refractivity contribution in [2.24, 2.45) is 0 Å². The number of carboxylic acids is 2. The Hall–Kier alpha value is -4.06. The molecule has 0 spiro atoms. The summed E-state index contributed by atoms with van der Waals surface area (Å²) in [5, 5.41) is 39.8. The van der Waals surface area contributed by atoms with Crippen molar-refractivity contribution in [3.63, 3.8) is 0 Å². The summed E-state index contributed by atoms with van der Waals surface area (Å²) in [4.78, 5) is 39.7. The average Bonchev–Trinajstić information content (AvgIpc) is 2.90. The van der Waals surface area contributed by atoms with E-state index in [0.29, 0.717) is 43.6 Å². The number of aromatic carboxylic acids is 2. The van der Waals surface area contributed by atoms with E-state index in [1.54, 1.807) is 72.8 Å². The fourth-order valence-corrected chi connectivity index (χ4v) is 4.12. The number of carboxylic acid groups (broad SMARTS) is 2. The summed E-state index contributed by atoms with van der Waals surface area (Å²) in [7, 11) is 0. The van der Waals surface area contributed by atoms with Crippen molar-refractivity contribution in [2.75, 3.05) is 0 Å². The first-order valence-corrected chi connectivity index (χ1v) is 11.1. The number of carbonyl (C=O) groups excluding carboxylic acids is 2. The Morgan fingerprint density at radius 1 is 0.513 bits per heavy atom. The summed E-state index contributed by atoms with van der Waals surface area (Å²) in [6.07, 6.45) is 0. The number of rotatable bonds is 2. The zero-order valence-corrected chi connectivity index (χ0v) is 22.2. The third kappa shape index (κ3) is 6.69. The molecule has 10 nitrogen and oxygen atoms in total. The van der Waals surface area contributed by atoms with Gasteiger partial charge >= 0.3 is 49.4 Å². The molecule has 0 saturated heterocycles. The van der Waals surface area contributed by atoms with Crippen LogP contribution < -0.4 is 10.2 Å². The van der Waals surface area contributed by atoms with Crippen molar-refractivity contribution >= 4 is 55.6 Å². The number of carbonyl (C=O) groups is 2. The molecule has 2 aromatic heterocycles. The van der Waals surface area contributed by atoms with Gasteiger partial charge in [-0.3, -0.25) is 0 Å². The Balaban J connectivity index is 0.000000186. The van der Waals surface area contributed by atoms with Gasteiger partial charge in [0.1, 0.15) is 0 Å². The number of hydrogen-bond acceptors (Lipinski definition) is 9. The maximum absolute atomic E-state index is 11.3. The average molecular weight is 658 g/mol. The predicted molar refractivity (Wildman–Crippen MR) is 138 cm³/mol. The molecule has 39 heavy (non-hydrogen) atoms. The molecule has 4 aromatic carbocycles. The van der Waals surface area contributed by atoms with Crippen LogP contribution in [-0.2, 0) is 0 Å². The number of nitrogens with zero attached hydrogens (tertiary/aromatic N) is 3. The molecule has 0 saturated carbocycles. The van der Waals surface area contributed by atoms with Crippen LogP contribution in [-0.4, -0.2) is 27.0 Å². The normalized spacial score (nSPS) is 10.1. The fraction of sp³-hybridized carbons (Fsp3) is 0. The molecule has 0 fully saturated rings. The molecule has 11 heteroatoms. The zero-order chi connectivity index (χ0) is 27.2. The van der Waals surface area contributed by atoms with E-state index in [9.17, 15) is 19.8 Å². The van der Waals surface area contributed by atoms with Gasteiger partial charge in [-0.25, -0.2) is 9.97 Å². The van der Waals surface area contributed by atoms with Crippen LogP contribution in [0.4, 0.5) is 0 Å². The third-order valence-corrected chi connectivity index (χ3v) is 5.58. The monoisotopic (exact) mass is 659 g/mol. The minimum absolute atomic E-state index is 0. The van der Waals surface area contributed by atoms with Gasteiger partial charge in [0.25, 0.3) is 0 Å². The molecular weight excluding hydrogens is 642 g/mol. The van der Waals surface area contributed by atoms with Crippen molar-refractivity contribution < 1.29 is 74.3 Å². The molecule has 0 aliphatic heterocycles. The Bertz CT molecular complexity index is 1600. The van der Waals surface area contributed by atoms with E-state index in [2.05, 4.69) is 9.97 Å². The van der Waals surface area contributed by atoms with Crippen LogP contribution in [0.3, 0.4) is 0 Å². The molecule has 0 unspecified atom stereocenters. The maximum atomic E-state index is 11.3. The van der Waals surface area contributed by atoms with E-state index in [4.69, 9.17) is 15.3 Å². The number of pyridine rings is 2. The van der Waals surface area contributed by atoms with Gasteiger partial charge in [-0.15, -0.1) is 0 Å². The van der Waals surface area contributed by atoms with Gasteiger partial charge in [0.15, 0.2) is 0 Å². The summed E-state index contributed by atoms with van der Waals surface area (Å²) in [6, 6.07) is 28.7. The van der Waals surface area contributed by atoms with E-state index in [-0.39, 0.29) is 60.5 Å². The van der Waals surface area contributed by atoms with Crippen molar-refractivity contribution in [1.82, 2.24) is 9.97 Å². The van der Waals surface area contributed by atoms with Gasteiger partial charge in [-0.05, 0) is 24.3 Å². The molecule has 0 N–H and O–H groups in total. The Labute approximate surface area is 261 Å². The van der Waals surface area contributed by atoms with Crippen molar-refractivity contribution in [2.45, 2.75) is 0 Å². The standard InChI is InChI=1S/2C14H9NO2.Eu.NO3/c2*16-14(17)13-9-5-1-3-7-11(9)15-12-8-4-2-6-10(12)13;;2-1(3)4/h2*1-8H,(H,16,17);;/q;;+3;-1/p-2. The second-order valence-electron chi connectivity index (χ2n) is 7.84. The second kappa shape index (κ2) is 13.1. The second-order valence-corrected chi connectivity index (χ2v) is 7.84. The van der Waals surface area contributed by atoms with E-state index >= 15 is 0 Å². The first-order chi connectivity index (χ1) is 18.3. The molecule has 0 atom stereocenters. The summed E-state index contributed by atoms with van der Waals surface area (Å²) >= 11 is 0. The van der Waals surface area contributed by atoms with Crippen LogP contribution in [0, 0.1) is 64.7 Å². The maximum Gasteiger partial charge on any atom is 3.00 e. The number of fused-ring (bicyclic) bond motifs is 4. The first-order valence-electron chi connectivity index (χ1n) is 11.1. The minimum atomic E-state index is -1.75. The number of para-hydroxylation sites is 4. The van der Waals surface area contributed by atoms with Crippen LogP contribution in [0.1, 0.15) is 20.7 Å². The molecular formula is C28H16EuN3O7. The summed E-state index contributed by atoms with van der Waals surface area (Å²) in [5.74, 6) is -2.33. The molecule has 0 aliphatic carbocycles. The molecule has 192 valence electrons. The molecule has 0 radical (unpaired) electrons. The van der Waals surface area contributed by atoms with E-state index < -0.39 is 17.0 Å². The number of benzene rings is 4. The van der Waals surface area contributed by atoms with Gasteiger partial charge < -0.3 is 35.1 Å². The fourth-order valence-electron chi connectivity index (χ4n) is 4.12. The van der Waals surface area contributed by atoms with Gasteiger partial charge in [0, 0.05) is 32.7 Å². The predicted octanol–water partition coefficient (Wildman–Crippen LogP) is 3.26. The smallest absolute Gasteiger partial charge is 0.545 e. The topological polar surface area (TPSA) is 172 Å². The van der Waals surface area contributed by atoms with Crippen molar-refractivity contribution in [3.05, 3.63) is 124 Å². The van der Waals surface area contributed by atoms with Crippen LogP contribution in [0.15, 0.2) is 97.1 Å². The molecule has 2 heterocycles. The number of hydrogen-bond donors (Lipinski definition) is 0. The van der Waals surface area contributed by atoms with E-state index in [1.165, 1.54) is 0 Å². The Kier molecular flexibility index (Phi) is 9.94. The molecule has 6 aromatic rings. The zero-order valence-electron chi connectivity index (χ0n) is 19.8. The van der Waals surface area contributed by atoms with E-state index in [1.807, 2.05) is 24.3 Å². The van der Waals surface area contributed by atoms with Crippen molar-refractivity contribution in [1.29, 1.82) is 0 Å². The molecule has 0 bridgehead atoms. The summed E-state index contributed by atoms with van der Waals surface area (Å²) < 4.78 is 0. The first kappa shape index (κ1) is 29.5. The SMILES string of the molecule is O=C([O-])c1c2ccccc2nc2ccccc12.O=C([O-])c1c2ccccc2nc2ccccc12.O=[N+]([O-])[O-].[Eu+3]. The summed E-state index contributed by atoms with van der Waals surface area (Å²) in [5.41, 5.74) is 3.11. The van der Waals surface area contributed by atoms with Gasteiger partial charge in [0.2, 0.25) is 0 Å². The van der Waals surface area contributed by atoms with Gasteiger partial charge in [-0.1, -0.05) is 72.8 Å². The van der Waals surface area contributed by atoms with Crippen LogP contribution in [0.25, 0.3) is 43.6 Å². The van der Waals surface area contributed by atoms with Crippen LogP contribution in [0.2, 0.25) is 0 Å². The largest absolute Gasteiger partial charge is 3.00 e. The molecule has 0 aliphatic rings.